The summed E-state index contributed by atoms with van der Waals surface area (Å²) in [6.07, 6.45) is 0. The Morgan fingerprint density at radius 1 is 1.24 bits per heavy atom. The first kappa shape index (κ1) is 23.0. The van der Waals surface area contributed by atoms with E-state index in [4.69, 9.17) is 16.3 Å². The van der Waals surface area contributed by atoms with Crippen molar-refractivity contribution < 1.29 is 14.5 Å². The van der Waals surface area contributed by atoms with Gasteiger partial charge in [0, 0.05) is 25.2 Å². The molecule has 172 valence electrons. The molecule has 1 aliphatic rings. The number of nitrogens with zero attached hydrogens (tertiary/aromatic N) is 5. The van der Waals surface area contributed by atoms with Crippen molar-refractivity contribution in [3.63, 3.8) is 0 Å². The number of halogens is 1. The van der Waals surface area contributed by atoms with Crippen LogP contribution in [-0.4, -0.2) is 57.7 Å². The number of anilines is 2. The Kier molecular flexibility index (Phi) is 7.11. The lowest BCUT2D eigenvalue weighted by molar-refractivity contribution is -0.384. The third-order valence-corrected chi connectivity index (χ3v) is 6.28. The van der Waals surface area contributed by atoms with Crippen LogP contribution in [0.2, 0.25) is 5.02 Å². The summed E-state index contributed by atoms with van der Waals surface area (Å²) in [5.41, 5.74) is 2.15. The fourth-order valence-corrected chi connectivity index (χ4v) is 4.35. The molecule has 1 saturated heterocycles. The molecule has 0 radical (unpaired) electrons. The molecular weight excluding hydrogens is 468 g/mol. The number of para-hydroxylation sites is 1. The molecule has 0 aliphatic carbocycles. The number of thioether (sulfide) groups is 1. The molecule has 1 aliphatic heterocycles. The molecule has 0 atom stereocenters. The topological polar surface area (TPSA) is 115 Å². The van der Waals surface area contributed by atoms with Gasteiger partial charge in [-0.05, 0) is 24.6 Å². The maximum absolute atomic E-state index is 12.6. The van der Waals surface area contributed by atoms with Gasteiger partial charge in [-0.1, -0.05) is 41.6 Å². The summed E-state index contributed by atoms with van der Waals surface area (Å²) >= 11 is 7.32. The van der Waals surface area contributed by atoms with E-state index in [1.807, 2.05) is 35.8 Å². The van der Waals surface area contributed by atoms with E-state index in [0.29, 0.717) is 43.1 Å². The SMILES string of the molecule is Cc1ccccc1-n1c(SCC(=O)Nc2ccc([N+](=O)[O-])cc2Cl)nnc1N1CCOCC1. The van der Waals surface area contributed by atoms with Crippen molar-refractivity contribution in [3.8, 4) is 5.69 Å². The van der Waals surface area contributed by atoms with E-state index in [0.717, 1.165) is 11.3 Å². The van der Waals surface area contributed by atoms with Crippen molar-refractivity contribution in [3.05, 3.63) is 63.2 Å². The Morgan fingerprint density at radius 3 is 2.70 bits per heavy atom. The first-order valence-corrected chi connectivity index (χ1v) is 11.5. The summed E-state index contributed by atoms with van der Waals surface area (Å²) in [5, 5.41) is 23.0. The van der Waals surface area contributed by atoms with Gasteiger partial charge in [-0.2, -0.15) is 0 Å². The van der Waals surface area contributed by atoms with E-state index in [9.17, 15) is 14.9 Å². The molecule has 1 amide bonds. The summed E-state index contributed by atoms with van der Waals surface area (Å²) in [7, 11) is 0. The number of nitrogens with one attached hydrogen (secondary N) is 1. The molecule has 0 unspecified atom stereocenters. The minimum absolute atomic E-state index is 0.0560. The standard InChI is InChI=1S/C21H21ClN6O4S/c1-14-4-2-3-5-18(14)27-20(26-8-10-32-11-9-26)24-25-21(27)33-13-19(29)23-17-7-6-15(28(30)31)12-16(17)22/h2-7,12H,8-11,13H2,1H3,(H,23,29). The average molecular weight is 489 g/mol. The van der Waals surface area contributed by atoms with Crippen molar-refractivity contribution in [2.24, 2.45) is 0 Å². The highest BCUT2D eigenvalue weighted by Gasteiger charge is 2.23. The van der Waals surface area contributed by atoms with Gasteiger partial charge in [0.1, 0.15) is 0 Å². The van der Waals surface area contributed by atoms with Crippen LogP contribution >= 0.6 is 23.4 Å². The lowest BCUT2D eigenvalue weighted by Gasteiger charge is -2.28. The number of amides is 1. The number of hydrogen-bond donors (Lipinski definition) is 1. The highest BCUT2D eigenvalue weighted by atomic mass is 35.5. The second-order valence-corrected chi connectivity index (χ2v) is 8.61. The molecule has 3 aromatic rings. The molecule has 1 fully saturated rings. The largest absolute Gasteiger partial charge is 0.378 e. The van der Waals surface area contributed by atoms with Crippen LogP contribution in [0.5, 0.6) is 0 Å². The zero-order valence-electron chi connectivity index (χ0n) is 17.7. The summed E-state index contributed by atoms with van der Waals surface area (Å²) in [6, 6.07) is 11.8. The summed E-state index contributed by atoms with van der Waals surface area (Å²) in [6.45, 7) is 4.64. The van der Waals surface area contributed by atoms with Crippen LogP contribution in [0.3, 0.4) is 0 Å². The highest BCUT2D eigenvalue weighted by molar-refractivity contribution is 7.99. The van der Waals surface area contributed by atoms with Crippen LogP contribution in [0.15, 0.2) is 47.6 Å². The number of non-ortho nitro benzene ring substituents is 1. The van der Waals surface area contributed by atoms with Crippen LogP contribution in [0.25, 0.3) is 5.69 Å². The lowest BCUT2D eigenvalue weighted by Crippen LogP contribution is -2.38. The quantitative estimate of drug-likeness (QED) is 0.304. The third kappa shape index (κ3) is 5.27. The van der Waals surface area contributed by atoms with Crippen LogP contribution in [0.1, 0.15) is 5.56 Å². The normalized spacial score (nSPS) is 13.7. The van der Waals surface area contributed by atoms with Gasteiger partial charge in [0.2, 0.25) is 11.9 Å². The second-order valence-electron chi connectivity index (χ2n) is 7.26. The van der Waals surface area contributed by atoms with E-state index in [1.165, 1.54) is 30.0 Å². The predicted molar refractivity (Wildman–Crippen MR) is 127 cm³/mol. The Balaban J connectivity index is 1.53. The number of carbonyl (C=O) groups is 1. The maximum atomic E-state index is 12.6. The third-order valence-electron chi connectivity index (χ3n) is 5.04. The van der Waals surface area contributed by atoms with Crippen molar-refractivity contribution in [1.82, 2.24) is 14.8 Å². The molecule has 4 rings (SSSR count). The average Bonchev–Trinajstić information content (AvgIpc) is 3.23. The number of hydrogen-bond acceptors (Lipinski definition) is 8. The van der Waals surface area contributed by atoms with Crippen LogP contribution in [0.4, 0.5) is 17.3 Å². The number of ether oxygens (including phenoxy) is 1. The maximum Gasteiger partial charge on any atom is 0.271 e. The predicted octanol–water partition coefficient (Wildman–Crippen LogP) is 3.70. The monoisotopic (exact) mass is 488 g/mol. The Bertz CT molecular complexity index is 1180. The van der Waals surface area contributed by atoms with Gasteiger partial charge >= 0.3 is 0 Å². The molecular formula is C21H21ClN6O4S. The second kappa shape index (κ2) is 10.2. The number of nitro benzene ring substituents is 1. The van der Waals surface area contributed by atoms with Gasteiger partial charge in [-0.3, -0.25) is 19.5 Å². The Labute approximate surface area is 199 Å². The molecule has 1 N–H and O–H groups in total. The van der Waals surface area contributed by atoms with Gasteiger partial charge < -0.3 is 15.0 Å². The number of morpholine rings is 1. The highest BCUT2D eigenvalue weighted by Crippen LogP contribution is 2.30. The number of aromatic nitrogens is 3. The number of carbonyl (C=O) groups excluding carboxylic acids is 1. The molecule has 1 aromatic heterocycles. The fourth-order valence-electron chi connectivity index (χ4n) is 3.38. The van der Waals surface area contributed by atoms with Gasteiger partial charge in [0.05, 0.1) is 40.3 Å². The zero-order valence-corrected chi connectivity index (χ0v) is 19.3. The van der Waals surface area contributed by atoms with Crippen LogP contribution < -0.4 is 10.2 Å². The van der Waals surface area contributed by atoms with Gasteiger partial charge in [-0.25, -0.2) is 0 Å². The molecule has 0 saturated carbocycles. The van der Waals surface area contributed by atoms with Crippen molar-refractivity contribution in [1.29, 1.82) is 0 Å². The Morgan fingerprint density at radius 2 is 2.00 bits per heavy atom. The van der Waals surface area contributed by atoms with Gasteiger partial charge in [0.15, 0.2) is 5.16 Å². The van der Waals surface area contributed by atoms with E-state index in [2.05, 4.69) is 20.4 Å². The number of aryl methyl sites for hydroxylation is 1. The number of benzene rings is 2. The fraction of sp³-hybridized carbons (Fsp3) is 0.286. The molecule has 2 heterocycles. The smallest absolute Gasteiger partial charge is 0.271 e. The number of nitro groups is 1. The minimum atomic E-state index is -0.544. The molecule has 33 heavy (non-hydrogen) atoms. The van der Waals surface area contributed by atoms with E-state index < -0.39 is 4.92 Å². The first-order valence-electron chi connectivity index (χ1n) is 10.1. The van der Waals surface area contributed by atoms with Gasteiger partial charge in [0.25, 0.3) is 5.69 Å². The lowest BCUT2D eigenvalue weighted by atomic mass is 10.2. The van der Waals surface area contributed by atoms with E-state index >= 15 is 0 Å². The Hall–Kier alpha value is -3.15. The summed E-state index contributed by atoms with van der Waals surface area (Å²) in [4.78, 5) is 25.0. The first-order chi connectivity index (χ1) is 15.9. The van der Waals surface area contributed by atoms with E-state index in [1.54, 1.807) is 0 Å². The molecule has 10 nitrogen and oxygen atoms in total. The van der Waals surface area contributed by atoms with Crippen molar-refractivity contribution >= 4 is 46.6 Å². The van der Waals surface area contributed by atoms with Crippen molar-refractivity contribution in [2.45, 2.75) is 12.1 Å². The van der Waals surface area contributed by atoms with E-state index in [-0.39, 0.29) is 22.4 Å². The zero-order chi connectivity index (χ0) is 23.4. The molecule has 12 heteroatoms. The van der Waals surface area contributed by atoms with Crippen LogP contribution in [0, 0.1) is 17.0 Å². The summed E-state index contributed by atoms with van der Waals surface area (Å²) in [5.74, 6) is 0.442. The van der Waals surface area contributed by atoms with Gasteiger partial charge in [-0.15, -0.1) is 10.2 Å². The van der Waals surface area contributed by atoms with Crippen molar-refractivity contribution in [2.75, 3.05) is 42.3 Å². The minimum Gasteiger partial charge on any atom is -0.378 e. The molecule has 2 aromatic carbocycles. The molecule has 0 spiro atoms. The molecule has 0 bridgehead atoms. The van der Waals surface area contributed by atoms with Crippen LogP contribution in [-0.2, 0) is 9.53 Å². The summed E-state index contributed by atoms with van der Waals surface area (Å²) < 4.78 is 7.41. The number of rotatable bonds is 7.